The quantitative estimate of drug-likeness (QED) is 0.389. The molecule has 0 unspecified atom stereocenters. The van der Waals surface area contributed by atoms with Gasteiger partial charge in [-0.25, -0.2) is 9.97 Å². The lowest BCUT2D eigenvalue weighted by Gasteiger charge is -1.99. The molecule has 0 bridgehead atoms. The van der Waals surface area contributed by atoms with Gasteiger partial charge in [-0.15, -0.1) is 0 Å². The van der Waals surface area contributed by atoms with Crippen molar-refractivity contribution in [2.75, 3.05) is 11.7 Å². The molecule has 1 aromatic heterocycles. The largest absolute Gasteiger partial charge is 0.275 e. The molecule has 1 aromatic carbocycles. The first-order valence-electron chi connectivity index (χ1n) is 5.08. The summed E-state index contributed by atoms with van der Waals surface area (Å²) in [6, 6.07) is 9.88. The molecule has 0 spiro atoms. The summed E-state index contributed by atoms with van der Waals surface area (Å²) in [6.07, 6.45) is 7.11. The van der Waals surface area contributed by atoms with Crippen LogP contribution in [0.5, 0.6) is 0 Å². The SMILES string of the molecule is CSc1ncc(NN=Cc2ccccc2)cn1. The predicted molar refractivity (Wildman–Crippen MR) is 71.5 cm³/mol. The maximum Gasteiger partial charge on any atom is 0.187 e. The van der Waals surface area contributed by atoms with Crippen molar-refractivity contribution in [2.45, 2.75) is 5.16 Å². The first-order chi connectivity index (χ1) is 8.38. The van der Waals surface area contributed by atoms with Crippen LogP contribution in [0.4, 0.5) is 5.69 Å². The number of hydrogen-bond acceptors (Lipinski definition) is 5. The number of hydrazone groups is 1. The summed E-state index contributed by atoms with van der Waals surface area (Å²) in [7, 11) is 0. The number of aromatic nitrogens is 2. The van der Waals surface area contributed by atoms with Crippen molar-refractivity contribution in [3.8, 4) is 0 Å². The Labute approximate surface area is 104 Å². The Kier molecular flexibility index (Phi) is 4.10. The lowest BCUT2D eigenvalue weighted by Crippen LogP contribution is -1.93. The highest BCUT2D eigenvalue weighted by Gasteiger charge is 1.93. The minimum Gasteiger partial charge on any atom is -0.275 e. The van der Waals surface area contributed by atoms with E-state index in [0.717, 1.165) is 16.4 Å². The van der Waals surface area contributed by atoms with Gasteiger partial charge in [0.2, 0.25) is 0 Å². The minimum absolute atomic E-state index is 0.752. The molecule has 0 saturated heterocycles. The van der Waals surface area contributed by atoms with E-state index in [0.29, 0.717) is 0 Å². The van der Waals surface area contributed by atoms with Gasteiger partial charge in [0.05, 0.1) is 24.3 Å². The molecule has 0 saturated carbocycles. The smallest absolute Gasteiger partial charge is 0.187 e. The number of hydrogen-bond donors (Lipinski definition) is 1. The Morgan fingerprint density at radius 2 is 1.88 bits per heavy atom. The zero-order valence-electron chi connectivity index (χ0n) is 9.37. The van der Waals surface area contributed by atoms with E-state index in [2.05, 4.69) is 20.5 Å². The molecule has 4 nitrogen and oxygen atoms in total. The van der Waals surface area contributed by atoms with E-state index in [9.17, 15) is 0 Å². The minimum atomic E-state index is 0.752. The van der Waals surface area contributed by atoms with E-state index < -0.39 is 0 Å². The van der Waals surface area contributed by atoms with Crippen molar-refractivity contribution < 1.29 is 0 Å². The summed E-state index contributed by atoms with van der Waals surface area (Å²) in [4.78, 5) is 8.28. The first-order valence-corrected chi connectivity index (χ1v) is 6.31. The van der Waals surface area contributed by atoms with Crippen LogP contribution in [0.3, 0.4) is 0 Å². The zero-order valence-corrected chi connectivity index (χ0v) is 10.2. The molecule has 1 heterocycles. The van der Waals surface area contributed by atoms with Crippen LogP contribution in [-0.4, -0.2) is 22.4 Å². The molecule has 0 atom stereocenters. The summed E-state index contributed by atoms with van der Waals surface area (Å²) < 4.78 is 0. The van der Waals surface area contributed by atoms with Crippen molar-refractivity contribution in [2.24, 2.45) is 5.10 Å². The number of rotatable bonds is 4. The normalized spacial score (nSPS) is 10.6. The van der Waals surface area contributed by atoms with Gasteiger partial charge in [0, 0.05) is 0 Å². The Bertz CT molecular complexity index is 482. The van der Waals surface area contributed by atoms with E-state index in [1.54, 1.807) is 18.6 Å². The molecular formula is C12H12N4S. The molecule has 2 rings (SSSR count). The van der Waals surface area contributed by atoms with Gasteiger partial charge >= 0.3 is 0 Å². The number of nitrogens with one attached hydrogen (secondary N) is 1. The van der Waals surface area contributed by atoms with Crippen LogP contribution in [0.1, 0.15) is 5.56 Å². The Hall–Kier alpha value is -1.88. The van der Waals surface area contributed by atoms with Crippen LogP contribution in [0.2, 0.25) is 0 Å². The molecular weight excluding hydrogens is 232 g/mol. The van der Waals surface area contributed by atoms with E-state index in [4.69, 9.17) is 0 Å². The van der Waals surface area contributed by atoms with Gasteiger partial charge in [-0.2, -0.15) is 5.10 Å². The maximum absolute atomic E-state index is 4.14. The second-order valence-electron chi connectivity index (χ2n) is 3.24. The second-order valence-corrected chi connectivity index (χ2v) is 4.01. The molecule has 0 amide bonds. The van der Waals surface area contributed by atoms with Crippen molar-refractivity contribution in [1.29, 1.82) is 0 Å². The third-order valence-electron chi connectivity index (χ3n) is 2.02. The van der Waals surface area contributed by atoms with E-state index >= 15 is 0 Å². The Balaban J connectivity index is 1.95. The van der Waals surface area contributed by atoms with E-state index in [1.165, 1.54) is 11.8 Å². The van der Waals surface area contributed by atoms with Gasteiger partial charge < -0.3 is 0 Å². The summed E-state index contributed by atoms with van der Waals surface area (Å²) in [5.41, 5.74) is 4.70. The summed E-state index contributed by atoms with van der Waals surface area (Å²) in [6.45, 7) is 0. The summed E-state index contributed by atoms with van der Waals surface area (Å²) in [5.74, 6) is 0. The molecule has 0 aliphatic rings. The Morgan fingerprint density at radius 1 is 1.18 bits per heavy atom. The highest BCUT2D eigenvalue weighted by atomic mass is 32.2. The van der Waals surface area contributed by atoms with Crippen LogP contribution >= 0.6 is 11.8 Å². The fourth-order valence-corrected chi connectivity index (χ4v) is 1.52. The fraction of sp³-hybridized carbons (Fsp3) is 0.0833. The average molecular weight is 244 g/mol. The summed E-state index contributed by atoms with van der Waals surface area (Å²) in [5, 5.41) is 4.86. The molecule has 2 aromatic rings. The van der Waals surface area contributed by atoms with Gasteiger partial charge in [-0.1, -0.05) is 42.1 Å². The lowest BCUT2D eigenvalue weighted by atomic mass is 10.2. The number of anilines is 1. The second kappa shape index (κ2) is 6.00. The van der Waals surface area contributed by atoms with Crippen LogP contribution in [0.25, 0.3) is 0 Å². The topological polar surface area (TPSA) is 50.2 Å². The first kappa shape index (κ1) is 11.6. The molecule has 0 fully saturated rings. The van der Waals surface area contributed by atoms with Crippen LogP contribution in [0.15, 0.2) is 53.0 Å². The van der Waals surface area contributed by atoms with Crippen LogP contribution in [0, 0.1) is 0 Å². The lowest BCUT2D eigenvalue weighted by molar-refractivity contribution is 0.968. The Morgan fingerprint density at radius 3 is 2.53 bits per heavy atom. The molecule has 0 aliphatic carbocycles. The highest BCUT2D eigenvalue weighted by molar-refractivity contribution is 7.98. The molecule has 0 radical (unpaired) electrons. The fourth-order valence-electron chi connectivity index (χ4n) is 1.20. The average Bonchev–Trinajstić information content (AvgIpc) is 2.41. The highest BCUT2D eigenvalue weighted by Crippen LogP contribution is 2.09. The van der Waals surface area contributed by atoms with Gasteiger partial charge in [-0.3, -0.25) is 5.43 Å². The number of thioether (sulfide) groups is 1. The maximum atomic E-state index is 4.14. The van der Waals surface area contributed by atoms with Crippen molar-refractivity contribution in [3.05, 3.63) is 48.3 Å². The number of nitrogens with zero attached hydrogens (tertiary/aromatic N) is 3. The standard InChI is InChI=1S/C12H12N4S/c1-17-12-13-8-11(9-14-12)16-15-7-10-5-3-2-4-6-10/h2-9,16H,1H3. The molecule has 1 N–H and O–H groups in total. The van der Waals surface area contributed by atoms with Crippen molar-refractivity contribution >= 4 is 23.7 Å². The molecule has 5 heteroatoms. The zero-order chi connectivity index (χ0) is 11.9. The third-order valence-corrected chi connectivity index (χ3v) is 2.59. The van der Waals surface area contributed by atoms with Gasteiger partial charge in [0.1, 0.15) is 0 Å². The van der Waals surface area contributed by atoms with Gasteiger partial charge in [-0.05, 0) is 11.8 Å². The molecule has 86 valence electrons. The van der Waals surface area contributed by atoms with Crippen molar-refractivity contribution in [1.82, 2.24) is 9.97 Å². The monoisotopic (exact) mass is 244 g/mol. The van der Waals surface area contributed by atoms with E-state index in [1.807, 2.05) is 36.6 Å². The van der Waals surface area contributed by atoms with Crippen molar-refractivity contribution in [3.63, 3.8) is 0 Å². The van der Waals surface area contributed by atoms with E-state index in [-0.39, 0.29) is 0 Å². The van der Waals surface area contributed by atoms with Crippen LogP contribution in [-0.2, 0) is 0 Å². The third kappa shape index (κ3) is 3.57. The van der Waals surface area contributed by atoms with Gasteiger partial charge in [0.25, 0.3) is 0 Å². The van der Waals surface area contributed by atoms with Crippen LogP contribution < -0.4 is 5.43 Å². The summed E-state index contributed by atoms with van der Waals surface area (Å²) >= 11 is 1.51. The predicted octanol–water partition coefficient (Wildman–Crippen LogP) is 2.64. The van der Waals surface area contributed by atoms with Gasteiger partial charge in [0.15, 0.2) is 5.16 Å². The molecule has 17 heavy (non-hydrogen) atoms. The number of benzene rings is 1. The molecule has 0 aliphatic heterocycles.